The van der Waals surface area contributed by atoms with Gasteiger partial charge in [0.05, 0.1) is 11.1 Å². The molecule has 7 nitrogen and oxygen atoms in total. The molecule has 0 aliphatic rings. The number of nitrogens with zero attached hydrogens (tertiary/aromatic N) is 2. The van der Waals surface area contributed by atoms with Crippen LogP contribution in [0, 0.1) is 10.1 Å². The van der Waals surface area contributed by atoms with Gasteiger partial charge >= 0.3 is 0 Å². The van der Waals surface area contributed by atoms with E-state index in [4.69, 9.17) is 16.4 Å². The van der Waals surface area contributed by atoms with Gasteiger partial charge in [-0.05, 0) is 23.6 Å². The average Bonchev–Trinajstić information content (AvgIpc) is 2.98. The van der Waals surface area contributed by atoms with Crippen LogP contribution in [0.2, 0.25) is 5.02 Å². The minimum Gasteiger partial charge on any atom is -0.386 e. The molecule has 0 fully saturated rings. The van der Waals surface area contributed by atoms with Crippen LogP contribution >= 0.6 is 22.9 Å². The van der Waals surface area contributed by atoms with Crippen molar-refractivity contribution in [1.82, 2.24) is 0 Å². The van der Waals surface area contributed by atoms with Crippen LogP contribution in [0.3, 0.4) is 0 Å². The van der Waals surface area contributed by atoms with Crippen LogP contribution in [0.1, 0.15) is 4.88 Å². The predicted molar refractivity (Wildman–Crippen MR) is 84.6 cm³/mol. The standard InChI is InChI=1S/C13H10ClN3O4S/c14-11-4-3-9(6-12(11)17(19)20)16-13(18)8-21-15-7-10-2-1-5-22-10/h1-7H,8H2,(H,16,18)/b15-7-. The summed E-state index contributed by atoms with van der Waals surface area (Å²) in [4.78, 5) is 27.5. The monoisotopic (exact) mass is 339 g/mol. The van der Waals surface area contributed by atoms with Gasteiger partial charge in [-0.25, -0.2) is 0 Å². The summed E-state index contributed by atoms with van der Waals surface area (Å²) in [6.45, 7) is -0.307. The maximum absolute atomic E-state index is 11.6. The molecule has 0 radical (unpaired) electrons. The summed E-state index contributed by atoms with van der Waals surface area (Å²) in [5.41, 5.74) is -0.0250. The SMILES string of the molecule is O=C(CO/N=C\c1cccs1)Nc1ccc(Cl)c([N+](=O)[O-])c1. The first-order chi connectivity index (χ1) is 10.6. The largest absolute Gasteiger partial charge is 0.386 e. The van der Waals surface area contributed by atoms with Crippen LogP contribution in [0.5, 0.6) is 0 Å². The van der Waals surface area contributed by atoms with Crippen LogP contribution in [-0.4, -0.2) is 23.7 Å². The predicted octanol–water partition coefficient (Wildman–Crippen LogP) is 3.30. The Morgan fingerprint density at radius 1 is 1.50 bits per heavy atom. The van der Waals surface area contributed by atoms with Crippen molar-refractivity contribution in [3.63, 3.8) is 0 Å². The van der Waals surface area contributed by atoms with E-state index >= 15 is 0 Å². The Kier molecular flexibility index (Phi) is 5.45. The Hall–Kier alpha value is -2.45. The molecule has 0 unspecified atom stereocenters. The van der Waals surface area contributed by atoms with Gasteiger partial charge in [0.25, 0.3) is 11.6 Å². The summed E-state index contributed by atoms with van der Waals surface area (Å²) in [7, 11) is 0. The topological polar surface area (TPSA) is 93.8 Å². The van der Waals surface area contributed by atoms with Crippen molar-refractivity contribution >= 4 is 46.4 Å². The molecule has 9 heteroatoms. The van der Waals surface area contributed by atoms with Crippen LogP contribution in [0.15, 0.2) is 40.9 Å². The zero-order valence-corrected chi connectivity index (χ0v) is 12.6. The molecular weight excluding hydrogens is 330 g/mol. The quantitative estimate of drug-likeness (QED) is 0.496. The first kappa shape index (κ1) is 15.9. The average molecular weight is 340 g/mol. The van der Waals surface area contributed by atoms with Crippen LogP contribution in [0.25, 0.3) is 0 Å². The summed E-state index contributed by atoms with van der Waals surface area (Å²) in [6, 6.07) is 7.69. The molecule has 0 aliphatic carbocycles. The molecule has 1 aromatic heterocycles. The highest BCUT2D eigenvalue weighted by molar-refractivity contribution is 7.11. The summed E-state index contributed by atoms with van der Waals surface area (Å²) in [6.07, 6.45) is 1.49. The van der Waals surface area contributed by atoms with Gasteiger partial charge in [0.2, 0.25) is 0 Å². The van der Waals surface area contributed by atoms with Crippen LogP contribution in [0.4, 0.5) is 11.4 Å². The normalized spacial score (nSPS) is 10.6. The molecule has 22 heavy (non-hydrogen) atoms. The second-order valence-corrected chi connectivity index (χ2v) is 5.38. The van der Waals surface area contributed by atoms with E-state index in [1.807, 2.05) is 17.5 Å². The maximum atomic E-state index is 11.6. The van der Waals surface area contributed by atoms with Gasteiger partial charge in [0.15, 0.2) is 6.61 Å². The highest BCUT2D eigenvalue weighted by atomic mass is 35.5. The third-order valence-electron chi connectivity index (χ3n) is 2.42. The third-order valence-corrected chi connectivity index (χ3v) is 3.55. The number of nitro groups is 1. The molecule has 2 aromatic rings. The van der Waals surface area contributed by atoms with Crippen molar-refractivity contribution in [1.29, 1.82) is 0 Å². The van der Waals surface area contributed by atoms with E-state index in [1.165, 1.54) is 35.8 Å². The second-order valence-electron chi connectivity index (χ2n) is 3.99. The van der Waals surface area contributed by atoms with E-state index in [0.29, 0.717) is 0 Å². The fourth-order valence-corrected chi connectivity index (χ4v) is 2.24. The Morgan fingerprint density at radius 2 is 2.32 bits per heavy atom. The number of hydrogen-bond donors (Lipinski definition) is 1. The fraction of sp³-hybridized carbons (Fsp3) is 0.0769. The summed E-state index contributed by atoms with van der Waals surface area (Å²) >= 11 is 7.17. The van der Waals surface area contributed by atoms with E-state index in [-0.39, 0.29) is 23.0 Å². The molecule has 1 aromatic carbocycles. The molecule has 0 spiro atoms. The lowest BCUT2D eigenvalue weighted by molar-refractivity contribution is -0.384. The number of rotatable bonds is 6. The zero-order chi connectivity index (χ0) is 15.9. The lowest BCUT2D eigenvalue weighted by Crippen LogP contribution is -2.17. The van der Waals surface area contributed by atoms with Crippen LogP contribution in [-0.2, 0) is 9.63 Å². The van der Waals surface area contributed by atoms with Crippen molar-refractivity contribution in [2.45, 2.75) is 0 Å². The molecule has 0 aliphatic heterocycles. The smallest absolute Gasteiger partial charge is 0.289 e. The molecule has 0 saturated carbocycles. The molecule has 1 heterocycles. The minimum absolute atomic E-state index is 0.000188. The molecule has 2 rings (SSSR count). The number of hydrogen-bond acceptors (Lipinski definition) is 6. The zero-order valence-electron chi connectivity index (χ0n) is 11.1. The van der Waals surface area contributed by atoms with Crippen molar-refractivity contribution in [2.24, 2.45) is 5.16 Å². The Bertz CT molecular complexity index is 703. The number of nitrogens with one attached hydrogen (secondary N) is 1. The van der Waals surface area contributed by atoms with E-state index in [1.54, 1.807) is 0 Å². The van der Waals surface area contributed by atoms with E-state index in [2.05, 4.69) is 10.5 Å². The number of benzene rings is 1. The first-order valence-electron chi connectivity index (χ1n) is 5.99. The van der Waals surface area contributed by atoms with Crippen LogP contribution < -0.4 is 5.32 Å². The Balaban J connectivity index is 1.87. The third kappa shape index (κ3) is 4.54. The van der Waals surface area contributed by atoms with Crippen molar-refractivity contribution < 1.29 is 14.6 Å². The minimum atomic E-state index is -0.625. The Labute approximate surface area is 134 Å². The van der Waals surface area contributed by atoms with Gasteiger partial charge in [0.1, 0.15) is 5.02 Å². The van der Waals surface area contributed by atoms with E-state index in [9.17, 15) is 14.9 Å². The lowest BCUT2D eigenvalue weighted by Gasteiger charge is -2.04. The van der Waals surface area contributed by atoms with Crippen molar-refractivity contribution in [2.75, 3.05) is 11.9 Å². The number of anilines is 1. The molecule has 0 saturated heterocycles. The molecule has 0 bridgehead atoms. The number of amides is 1. The van der Waals surface area contributed by atoms with Gasteiger partial charge in [-0.2, -0.15) is 0 Å². The van der Waals surface area contributed by atoms with Gasteiger partial charge in [0, 0.05) is 16.6 Å². The van der Waals surface area contributed by atoms with E-state index in [0.717, 1.165) is 4.88 Å². The van der Waals surface area contributed by atoms with E-state index < -0.39 is 10.8 Å². The molecule has 0 atom stereocenters. The maximum Gasteiger partial charge on any atom is 0.289 e. The van der Waals surface area contributed by atoms with Gasteiger partial charge in [-0.1, -0.05) is 22.8 Å². The highest BCUT2D eigenvalue weighted by Gasteiger charge is 2.13. The van der Waals surface area contributed by atoms with Crippen molar-refractivity contribution in [3.05, 3.63) is 55.7 Å². The number of halogens is 1. The highest BCUT2D eigenvalue weighted by Crippen LogP contribution is 2.27. The van der Waals surface area contributed by atoms with Gasteiger partial charge in [-0.3, -0.25) is 14.9 Å². The number of nitro benzene ring substituents is 1. The lowest BCUT2D eigenvalue weighted by atomic mass is 10.3. The summed E-state index contributed by atoms with van der Waals surface area (Å²) in [5, 5.41) is 18.7. The summed E-state index contributed by atoms with van der Waals surface area (Å²) < 4.78 is 0. The first-order valence-corrected chi connectivity index (χ1v) is 7.24. The molecule has 1 N–H and O–H groups in total. The summed E-state index contributed by atoms with van der Waals surface area (Å²) in [5.74, 6) is -0.486. The fourth-order valence-electron chi connectivity index (χ4n) is 1.48. The number of oxime groups is 1. The Morgan fingerprint density at radius 3 is 3.00 bits per heavy atom. The number of carbonyl (C=O) groups excluding carboxylic acids is 1. The van der Waals surface area contributed by atoms with Gasteiger partial charge < -0.3 is 10.2 Å². The molecule has 114 valence electrons. The molecule has 1 amide bonds. The van der Waals surface area contributed by atoms with Gasteiger partial charge in [-0.15, -0.1) is 11.3 Å². The number of carbonyl (C=O) groups is 1. The molecular formula is C13H10ClN3O4S. The second kappa shape index (κ2) is 7.53. The van der Waals surface area contributed by atoms with Crippen molar-refractivity contribution in [3.8, 4) is 0 Å². The number of thiophene rings is 1.